The number of carboxylic acid groups (broad SMARTS) is 1. The first-order chi connectivity index (χ1) is 8.59. The molecule has 0 aliphatic carbocycles. The second-order valence-corrected chi connectivity index (χ2v) is 3.85. The minimum Gasteiger partial charge on any atom is -0.478 e. The average molecular weight is 240 g/mol. The molecule has 0 aliphatic rings. The molecule has 0 spiro atoms. The van der Waals surface area contributed by atoms with Crippen molar-refractivity contribution >= 4 is 5.97 Å². The maximum absolute atomic E-state index is 11.1. The van der Waals surface area contributed by atoms with Crippen molar-refractivity contribution in [2.75, 3.05) is 0 Å². The fourth-order valence-electron chi connectivity index (χ4n) is 1.60. The number of aromatic carboxylic acids is 1. The lowest BCUT2D eigenvalue weighted by atomic mass is 10.1. The molecular weight excluding hydrogens is 228 g/mol. The minimum atomic E-state index is -1.00. The van der Waals surface area contributed by atoms with Gasteiger partial charge in [0.2, 0.25) is 0 Å². The summed E-state index contributed by atoms with van der Waals surface area (Å²) in [7, 11) is 1.70. The summed E-state index contributed by atoms with van der Waals surface area (Å²) >= 11 is 0. The van der Waals surface area contributed by atoms with E-state index in [1.807, 2.05) is 30.3 Å². The van der Waals surface area contributed by atoms with Crippen molar-refractivity contribution < 1.29 is 9.90 Å². The summed E-state index contributed by atoms with van der Waals surface area (Å²) in [5.41, 5.74) is 1.89. The molecule has 4 heteroatoms. The molecule has 2 aromatic rings. The molecule has 0 saturated heterocycles. The molecule has 18 heavy (non-hydrogen) atoms. The Balaban J connectivity index is 2.45. The van der Waals surface area contributed by atoms with Crippen LogP contribution in [0, 0.1) is 18.8 Å². The van der Waals surface area contributed by atoms with Crippen molar-refractivity contribution in [1.82, 2.24) is 9.78 Å². The fraction of sp³-hybridized carbons (Fsp3) is 0.143. The molecule has 0 bridgehead atoms. The zero-order valence-corrected chi connectivity index (χ0v) is 10.1. The van der Waals surface area contributed by atoms with Gasteiger partial charge in [-0.25, -0.2) is 4.79 Å². The predicted octanol–water partition coefficient (Wildman–Crippen LogP) is 1.83. The van der Waals surface area contributed by atoms with Gasteiger partial charge in [-0.3, -0.25) is 4.68 Å². The van der Waals surface area contributed by atoms with E-state index in [0.29, 0.717) is 11.4 Å². The highest BCUT2D eigenvalue weighted by Gasteiger charge is 2.17. The van der Waals surface area contributed by atoms with E-state index in [-0.39, 0.29) is 5.56 Å². The molecule has 2 rings (SSSR count). The maximum Gasteiger partial charge on any atom is 0.340 e. The molecule has 0 radical (unpaired) electrons. The number of hydrogen-bond acceptors (Lipinski definition) is 2. The van der Waals surface area contributed by atoms with Gasteiger partial charge in [-0.2, -0.15) is 5.10 Å². The minimum absolute atomic E-state index is 0.168. The maximum atomic E-state index is 11.1. The van der Waals surface area contributed by atoms with Crippen LogP contribution in [0.3, 0.4) is 0 Å². The van der Waals surface area contributed by atoms with E-state index in [9.17, 15) is 4.79 Å². The second kappa shape index (κ2) is 4.76. The molecule has 0 amide bonds. The Morgan fingerprint density at radius 3 is 2.56 bits per heavy atom. The van der Waals surface area contributed by atoms with Crippen molar-refractivity contribution in [1.29, 1.82) is 0 Å². The number of benzene rings is 1. The van der Waals surface area contributed by atoms with Gasteiger partial charge in [-0.1, -0.05) is 24.1 Å². The first-order valence-electron chi connectivity index (χ1n) is 5.43. The summed E-state index contributed by atoms with van der Waals surface area (Å²) in [5, 5.41) is 13.2. The van der Waals surface area contributed by atoms with Gasteiger partial charge in [0, 0.05) is 12.6 Å². The third-order valence-electron chi connectivity index (χ3n) is 2.65. The van der Waals surface area contributed by atoms with Crippen LogP contribution in [0.15, 0.2) is 30.3 Å². The Morgan fingerprint density at radius 2 is 1.94 bits per heavy atom. The van der Waals surface area contributed by atoms with Crippen LogP contribution in [0.25, 0.3) is 0 Å². The van der Waals surface area contributed by atoms with Crippen molar-refractivity contribution in [2.45, 2.75) is 6.92 Å². The van der Waals surface area contributed by atoms with Crippen LogP contribution in [0.4, 0.5) is 0 Å². The van der Waals surface area contributed by atoms with Gasteiger partial charge in [0.25, 0.3) is 0 Å². The third kappa shape index (κ3) is 2.25. The van der Waals surface area contributed by atoms with Gasteiger partial charge in [-0.05, 0) is 25.0 Å². The van der Waals surface area contributed by atoms with E-state index in [0.717, 1.165) is 5.56 Å². The Labute approximate surface area is 105 Å². The number of hydrogen-bond donors (Lipinski definition) is 1. The Hall–Kier alpha value is -2.54. The standard InChI is InChI=1S/C14H12N2O2/c1-10-13(14(17)18)12(15-16(10)2)9-8-11-6-4-3-5-7-11/h3-7H,1-2H3,(H,17,18). The number of carboxylic acids is 1. The van der Waals surface area contributed by atoms with Gasteiger partial charge in [0.1, 0.15) is 11.3 Å². The van der Waals surface area contributed by atoms with Crippen LogP contribution in [0.1, 0.15) is 27.3 Å². The molecule has 0 saturated carbocycles. The van der Waals surface area contributed by atoms with E-state index >= 15 is 0 Å². The lowest BCUT2D eigenvalue weighted by Crippen LogP contribution is -2.00. The van der Waals surface area contributed by atoms with Crippen LogP contribution in [-0.2, 0) is 7.05 Å². The van der Waals surface area contributed by atoms with E-state index in [1.165, 1.54) is 4.68 Å². The highest BCUT2D eigenvalue weighted by atomic mass is 16.4. The Bertz CT molecular complexity index is 646. The summed E-state index contributed by atoms with van der Waals surface area (Å²) in [6, 6.07) is 9.39. The molecule has 1 N–H and O–H groups in total. The third-order valence-corrected chi connectivity index (χ3v) is 2.65. The van der Waals surface area contributed by atoms with E-state index < -0.39 is 5.97 Å². The smallest absolute Gasteiger partial charge is 0.340 e. The summed E-state index contributed by atoms with van der Waals surface area (Å²) in [4.78, 5) is 11.1. The Morgan fingerprint density at radius 1 is 1.28 bits per heavy atom. The molecule has 0 aliphatic heterocycles. The SMILES string of the molecule is Cc1c(C(=O)O)c(C#Cc2ccccc2)nn1C. The molecule has 0 atom stereocenters. The van der Waals surface area contributed by atoms with Gasteiger partial charge in [-0.15, -0.1) is 0 Å². The Kier molecular flexibility index (Phi) is 3.16. The fourth-order valence-corrected chi connectivity index (χ4v) is 1.60. The average Bonchev–Trinajstić information content (AvgIpc) is 2.64. The molecule has 4 nitrogen and oxygen atoms in total. The topological polar surface area (TPSA) is 55.1 Å². The summed E-state index contributed by atoms with van der Waals surface area (Å²) in [5.74, 6) is 4.72. The molecule has 1 heterocycles. The van der Waals surface area contributed by atoms with E-state index in [4.69, 9.17) is 5.11 Å². The van der Waals surface area contributed by atoms with Crippen LogP contribution in [0.5, 0.6) is 0 Å². The molecule has 0 unspecified atom stereocenters. The van der Waals surface area contributed by atoms with Gasteiger partial charge < -0.3 is 5.11 Å². The zero-order valence-electron chi connectivity index (χ0n) is 10.1. The van der Waals surface area contributed by atoms with Crippen molar-refractivity contribution in [2.24, 2.45) is 7.05 Å². The normalized spacial score (nSPS) is 9.67. The molecule has 1 aromatic heterocycles. The van der Waals surface area contributed by atoms with Crippen LogP contribution in [-0.4, -0.2) is 20.9 Å². The molecule has 0 fully saturated rings. The lowest BCUT2D eigenvalue weighted by molar-refractivity contribution is 0.0695. The largest absolute Gasteiger partial charge is 0.478 e. The first kappa shape index (κ1) is 11.9. The van der Waals surface area contributed by atoms with Crippen LogP contribution < -0.4 is 0 Å². The number of carbonyl (C=O) groups is 1. The molecule has 1 aromatic carbocycles. The molecule has 90 valence electrons. The summed E-state index contributed by atoms with van der Waals surface area (Å²) < 4.78 is 1.53. The van der Waals surface area contributed by atoms with Crippen molar-refractivity contribution in [3.63, 3.8) is 0 Å². The highest BCUT2D eigenvalue weighted by Crippen LogP contribution is 2.11. The van der Waals surface area contributed by atoms with Crippen molar-refractivity contribution in [3.05, 3.63) is 52.8 Å². The lowest BCUT2D eigenvalue weighted by Gasteiger charge is -1.93. The van der Waals surface area contributed by atoms with Gasteiger partial charge in [0.05, 0.1) is 5.69 Å². The van der Waals surface area contributed by atoms with E-state index in [2.05, 4.69) is 16.9 Å². The summed E-state index contributed by atoms with van der Waals surface area (Å²) in [6.07, 6.45) is 0. The second-order valence-electron chi connectivity index (χ2n) is 3.85. The van der Waals surface area contributed by atoms with Crippen LogP contribution in [0.2, 0.25) is 0 Å². The molecular formula is C14H12N2O2. The van der Waals surface area contributed by atoms with Crippen LogP contribution >= 0.6 is 0 Å². The zero-order chi connectivity index (χ0) is 13.1. The van der Waals surface area contributed by atoms with Gasteiger partial charge >= 0.3 is 5.97 Å². The quantitative estimate of drug-likeness (QED) is 0.774. The number of aryl methyl sites for hydroxylation is 1. The van der Waals surface area contributed by atoms with Gasteiger partial charge in [0.15, 0.2) is 0 Å². The van der Waals surface area contributed by atoms with E-state index in [1.54, 1.807) is 14.0 Å². The predicted molar refractivity (Wildman–Crippen MR) is 67.3 cm³/mol. The number of aromatic nitrogens is 2. The number of rotatable bonds is 1. The summed E-state index contributed by atoms with van der Waals surface area (Å²) in [6.45, 7) is 1.71. The number of nitrogens with zero attached hydrogens (tertiary/aromatic N) is 2. The highest BCUT2D eigenvalue weighted by molar-refractivity contribution is 5.91. The van der Waals surface area contributed by atoms with Crippen molar-refractivity contribution in [3.8, 4) is 11.8 Å². The monoisotopic (exact) mass is 240 g/mol. The first-order valence-corrected chi connectivity index (χ1v) is 5.43.